The van der Waals surface area contributed by atoms with Crippen molar-refractivity contribution in [1.82, 2.24) is 0 Å². The van der Waals surface area contributed by atoms with Crippen molar-refractivity contribution in [2.75, 3.05) is 23.3 Å². The van der Waals surface area contributed by atoms with Crippen LogP contribution in [0.1, 0.15) is 32.1 Å². The zero-order valence-electron chi connectivity index (χ0n) is 11.0. The molecule has 1 aliphatic heterocycles. The third-order valence-electron chi connectivity index (χ3n) is 3.84. The fraction of sp³-hybridized carbons (Fsp3) is 0.571. The summed E-state index contributed by atoms with van der Waals surface area (Å²) in [5, 5.41) is 14.3. The SMILES string of the molecule is O=[N+]([O-])c1ccc(N2CCCCC2)cc1NC1CC1. The first-order valence-electron chi connectivity index (χ1n) is 7.04. The Morgan fingerprint density at radius 3 is 2.58 bits per heavy atom. The summed E-state index contributed by atoms with van der Waals surface area (Å²) in [6, 6.07) is 5.88. The summed E-state index contributed by atoms with van der Waals surface area (Å²) in [4.78, 5) is 13.1. The van der Waals surface area contributed by atoms with E-state index in [1.807, 2.05) is 12.1 Å². The van der Waals surface area contributed by atoms with Crippen LogP contribution in [0.15, 0.2) is 18.2 Å². The van der Waals surface area contributed by atoms with Gasteiger partial charge < -0.3 is 10.2 Å². The Morgan fingerprint density at radius 2 is 1.95 bits per heavy atom. The Hall–Kier alpha value is -1.78. The third-order valence-corrected chi connectivity index (χ3v) is 3.84. The van der Waals surface area contributed by atoms with E-state index in [1.54, 1.807) is 6.07 Å². The first kappa shape index (κ1) is 12.3. The lowest BCUT2D eigenvalue weighted by atomic mass is 10.1. The number of hydrogen-bond acceptors (Lipinski definition) is 4. The molecule has 0 spiro atoms. The molecule has 0 bridgehead atoms. The molecule has 5 heteroatoms. The van der Waals surface area contributed by atoms with Crippen molar-refractivity contribution < 1.29 is 4.92 Å². The average Bonchev–Trinajstić information content (AvgIpc) is 3.23. The topological polar surface area (TPSA) is 58.4 Å². The molecule has 0 aromatic heterocycles. The number of hydrogen-bond donors (Lipinski definition) is 1. The Bertz CT molecular complexity index is 480. The Morgan fingerprint density at radius 1 is 1.21 bits per heavy atom. The predicted octanol–water partition coefficient (Wildman–Crippen LogP) is 3.16. The van der Waals surface area contributed by atoms with Crippen molar-refractivity contribution in [2.45, 2.75) is 38.1 Å². The van der Waals surface area contributed by atoms with Crippen LogP contribution in [0, 0.1) is 10.1 Å². The Labute approximate surface area is 112 Å². The van der Waals surface area contributed by atoms with Gasteiger partial charge in [-0.25, -0.2) is 0 Å². The highest BCUT2D eigenvalue weighted by atomic mass is 16.6. The van der Waals surface area contributed by atoms with Gasteiger partial charge in [0.25, 0.3) is 5.69 Å². The normalized spacial score (nSPS) is 19.3. The van der Waals surface area contributed by atoms with E-state index < -0.39 is 0 Å². The summed E-state index contributed by atoms with van der Waals surface area (Å²) >= 11 is 0. The summed E-state index contributed by atoms with van der Waals surface area (Å²) in [6.07, 6.45) is 5.94. The molecule has 0 radical (unpaired) electrons. The van der Waals surface area contributed by atoms with Crippen LogP contribution in [-0.2, 0) is 0 Å². The standard InChI is InChI=1S/C14H19N3O2/c18-17(19)14-7-6-12(16-8-2-1-3-9-16)10-13(14)15-11-4-5-11/h6-7,10-11,15H,1-5,8-9H2. The molecule has 2 aliphatic rings. The van der Waals surface area contributed by atoms with Crippen molar-refractivity contribution in [2.24, 2.45) is 0 Å². The zero-order valence-corrected chi connectivity index (χ0v) is 11.0. The minimum absolute atomic E-state index is 0.188. The maximum atomic E-state index is 11.1. The van der Waals surface area contributed by atoms with Crippen molar-refractivity contribution in [3.63, 3.8) is 0 Å². The van der Waals surface area contributed by atoms with E-state index in [2.05, 4.69) is 10.2 Å². The molecular weight excluding hydrogens is 242 g/mol. The minimum atomic E-state index is -0.301. The second-order valence-corrected chi connectivity index (χ2v) is 5.42. The van der Waals surface area contributed by atoms with Crippen molar-refractivity contribution >= 4 is 17.1 Å². The number of nitro groups is 1. The minimum Gasteiger partial charge on any atom is -0.377 e. The molecule has 0 unspecified atom stereocenters. The lowest BCUT2D eigenvalue weighted by molar-refractivity contribution is -0.384. The summed E-state index contributed by atoms with van der Waals surface area (Å²) in [6.45, 7) is 2.11. The number of benzene rings is 1. The molecule has 1 heterocycles. The zero-order chi connectivity index (χ0) is 13.2. The third kappa shape index (κ3) is 2.80. The number of rotatable bonds is 4. The van der Waals surface area contributed by atoms with Gasteiger partial charge in [-0.2, -0.15) is 0 Å². The molecule has 102 valence electrons. The van der Waals surface area contributed by atoms with Crippen molar-refractivity contribution in [1.29, 1.82) is 0 Å². The second-order valence-electron chi connectivity index (χ2n) is 5.42. The molecule has 1 aromatic rings. The van der Waals surface area contributed by atoms with Gasteiger partial charge in [0.1, 0.15) is 5.69 Å². The molecule has 0 amide bonds. The van der Waals surface area contributed by atoms with Gasteiger partial charge in [-0.05, 0) is 44.2 Å². The number of nitro benzene ring substituents is 1. The number of anilines is 2. The molecule has 1 saturated carbocycles. The quantitative estimate of drug-likeness (QED) is 0.668. The van der Waals surface area contributed by atoms with Gasteiger partial charge in [0.05, 0.1) is 4.92 Å². The van der Waals surface area contributed by atoms with Crippen LogP contribution in [0.2, 0.25) is 0 Å². The summed E-state index contributed by atoms with van der Waals surface area (Å²) < 4.78 is 0. The maximum Gasteiger partial charge on any atom is 0.292 e. The maximum absolute atomic E-state index is 11.1. The summed E-state index contributed by atoms with van der Waals surface area (Å²) in [7, 11) is 0. The molecule has 1 saturated heterocycles. The lowest BCUT2D eigenvalue weighted by Gasteiger charge is -2.29. The van der Waals surface area contributed by atoms with E-state index in [-0.39, 0.29) is 10.6 Å². The number of nitrogens with one attached hydrogen (secondary N) is 1. The van der Waals surface area contributed by atoms with Crippen LogP contribution >= 0.6 is 0 Å². The Kier molecular flexibility index (Phi) is 3.27. The molecule has 1 aliphatic carbocycles. The van der Waals surface area contributed by atoms with Gasteiger partial charge in [-0.3, -0.25) is 10.1 Å². The van der Waals surface area contributed by atoms with Gasteiger partial charge in [-0.1, -0.05) is 0 Å². The van der Waals surface area contributed by atoms with E-state index in [9.17, 15) is 10.1 Å². The largest absolute Gasteiger partial charge is 0.377 e. The predicted molar refractivity (Wildman–Crippen MR) is 75.8 cm³/mol. The molecule has 0 atom stereocenters. The molecule has 1 N–H and O–H groups in total. The fourth-order valence-corrected chi connectivity index (χ4v) is 2.60. The molecule has 19 heavy (non-hydrogen) atoms. The fourth-order valence-electron chi connectivity index (χ4n) is 2.60. The average molecular weight is 261 g/mol. The smallest absolute Gasteiger partial charge is 0.292 e. The van der Waals surface area contributed by atoms with E-state index in [0.717, 1.165) is 31.6 Å². The van der Waals surface area contributed by atoms with E-state index >= 15 is 0 Å². The van der Waals surface area contributed by atoms with Gasteiger partial charge in [0, 0.05) is 30.9 Å². The molecular formula is C14H19N3O2. The number of nitrogens with zero attached hydrogens (tertiary/aromatic N) is 2. The van der Waals surface area contributed by atoms with Gasteiger partial charge in [0.15, 0.2) is 0 Å². The molecule has 2 fully saturated rings. The highest BCUT2D eigenvalue weighted by Gasteiger charge is 2.25. The van der Waals surface area contributed by atoms with E-state index in [1.165, 1.54) is 19.3 Å². The summed E-state index contributed by atoms with van der Waals surface area (Å²) in [5.41, 5.74) is 1.97. The highest BCUT2D eigenvalue weighted by Crippen LogP contribution is 2.34. The lowest BCUT2D eigenvalue weighted by Crippen LogP contribution is -2.29. The first-order valence-corrected chi connectivity index (χ1v) is 7.04. The molecule has 3 rings (SSSR count). The van der Waals surface area contributed by atoms with Gasteiger partial charge >= 0.3 is 0 Å². The Balaban J connectivity index is 1.86. The second kappa shape index (κ2) is 5.07. The van der Waals surface area contributed by atoms with E-state index in [4.69, 9.17) is 0 Å². The van der Waals surface area contributed by atoms with E-state index in [0.29, 0.717) is 11.7 Å². The molecule has 1 aromatic carbocycles. The van der Waals surface area contributed by atoms with Crippen LogP contribution in [0.4, 0.5) is 17.1 Å². The number of piperidine rings is 1. The monoisotopic (exact) mass is 261 g/mol. The van der Waals surface area contributed by atoms with Crippen LogP contribution in [0.3, 0.4) is 0 Å². The van der Waals surface area contributed by atoms with Crippen LogP contribution in [-0.4, -0.2) is 24.1 Å². The van der Waals surface area contributed by atoms with Crippen LogP contribution < -0.4 is 10.2 Å². The first-order chi connectivity index (χ1) is 9.24. The summed E-state index contributed by atoms with van der Waals surface area (Å²) in [5.74, 6) is 0. The highest BCUT2D eigenvalue weighted by molar-refractivity contribution is 5.69. The van der Waals surface area contributed by atoms with Gasteiger partial charge in [0.2, 0.25) is 0 Å². The molecule has 5 nitrogen and oxygen atoms in total. The van der Waals surface area contributed by atoms with Gasteiger partial charge in [-0.15, -0.1) is 0 Å². The van der Waals surface area contributed by atoms with Crippen molar-refractivity contribution in [3.05, 3.63) is 28.3 Å². The van der Waals surface area contributed by atoms with Crippen LogP contribution in [0.25, 0.3) is 0 Å². The van der Waals surface area contributed by atoms with Crippen molar-refractivity contribution in [3.8, 4) is 0 Å². The van der Waals surface area contributed by atoms with Crippen LogP contribution in [0.5, 0.6) is 0 Å².